The lowest BCUT2D eigenvalue weighted by Gasteiger charge is -2.12. The lowest BCUT2D eigenvalue weighted by molar-refractivity contribution is 0.276. The van der Waals surface area contributed by atoms with E-state index in [0.717, 1.165) is 11.1 Å². The van der Waals surface area contributed by atoms with Gasteiger partial charge < -0.3 is 10.8 Å². The molecule has 1 unspecified atom stereocenters. The van der Waals surface area contributed by atoms with E-state index in [1.165, 1.54) is 0 Å². The molecule has 1 rings (SSSR count). The Balaban J connectivity index is 2.79. The Labute approximate surface area is 72.2 Å². The smallest absolute Gasteiger partial charge is 0.0449 e. The molecule has 1 atom stereocenters. The zero-order chi connectivity index (χ0) is 8.97. The molecule has 12 heavy (non-hydrogen) atoms. The predicted octanol–water partition coefficient (Wildman–Crippen LogP) is 0.772. The van der Waals surface area contributed by atoms with E-state index in [1.54, 1.807) is 12.4 Å². The Kier molecular flexibility index (Phi) is 3.19. The van der Waals surface area contributed by atoms with Crippen LogP contribution in [-0.4, -0.2) is 16.7 Å². The molecule has 66 valence electrons. The first-order valence-corrected chi connectivity index (χ1v) is 4.02. The van der Waals surface area contributed by atoms with Gasteiger partial charge in [0.1, 0.15) is 0 Å². The van der Waals surface area contributed by atoms with Crippen molar-refractivity contribution >= 4 is 0 Å². The third-order valence-electron chi connectivity index (χ3n) is 1.90. The summed E-state index contributed by atoms with van der Waals surface area (Å²) in [6.45, 7) is 2.10. The molecular formula is C9H14N2O. The number of pyridine rings is 1. The van der Waals surface area contributed by atoms with Crippen molar-refractivity contribution in [3.63, 3.8) is 0 Å². The highest BCUT2D eigenvalue weighted by atomic mass is 16.3. The number of nitrogens with two attached hydrogens (primary N) is 1. The molecule has 0 saturated carbocycles. The monoisotopic (exact) mass is 166 g/mol. The average Bonchev–Trinajstić information content (AvgIpc) is 2.05. The SMILES string of the molecule is Cc1cnccc1C(N)CCO. The number of aliphatic hydroxyl groups is 1. The van der Waals surface area contributed by atoms with Crippen molar-refractivity contribution in [3.8, 4) is 0 Å². The molecule has 1 heterocycles. The van der Waals surface area contributed by atoms with Gasteiger partial charge in [0.05, 0.1) is 0 Å². The van der Waals surface area contributed by atoms with E-state index in [0.29, 0.717) is 6.42 Å². The lowest BCUT2D eigenvalue weighted by atomic mass is 10.0. The van der Waals surface area contributed by atoms with Crippen LogP contribution >= 0.6 is 0 Å². The summed E-state index contributed by atoms with van der Waals surface area (Å²) in [4.78, 5) is 3.97. The Morgan fingerprint density at radius 3 is 3.00 bits per heavy atom. The van der Waals surface area contributed by atoms with Crippen molar-refractivity contribution in [1.29, 1.82) is 0 Å². The highest BCUT2D eigenvalue weighted by molar-refractivity contribution is 5.24. The molecule has 0 bridgehead atoms. The minimum absolute atomic E-state index is 0.0713. The summed E-state index contributed by atoms with van der Waals surface area (Å²) in [5.41, 5.74) is 7.97. The minimum Gasteiger partial charge on any atom is -0.396 e. The normalized spacial score (nSPS) is 12.9. The summed E-state index contributed by atoms with van der Waals surface area (Å²) in [6, 6.07) is 1.83. The van der Waals surface area contributed by atoms with Gasteiger partial charge in [-0.05, 0) is 30.5 Å². The number of aliphatic hydroxyl groups excluding tert-OH is 1. The van der Waals surface area contributed by atoms with Crippen molar-refractivity contribution in [2.45, 2.75) is 19.4 Å². The average molecular weight is 166 g/mol. The van der Waals surface area contributed by atoms with E-state index in [2.05, 4.69) is 4.98 Å². The van der Waals surface area contributed by atoms with Crippen molar-refractivity contribution < 1.29 is 5.11 Å². The topological polar surface area (TPSA) is 59.1 Å². The summed E-state index contributed by atoms with van der Waals surface area (Å²) in [7, 11) is 0. The number of hydrogen-bond acceptors (Lipinski definition) is 3. The van der Waals surface area contributed by atoms with Gasteiger partial charge in [-0.25, -0.2) is 0 Å². The molecule has 0 aliphatic heterocycles. The maximum atomic E-state index is 8.69. The molecule has 0 aliphatic carbocycles. The van der Waals surface area contributed by atoms with E-state index in [-0.39, 0.29) is 12.6 Å². The number of rotatable bonds is 3. The van der Waals surface area contributed by atoms with Crippen molar-refractivity contribution in [2.24, 2.45) is 5.73 Å². The predicted molar refractivity (Wildman–Crippen MR) is 47.6 cm³/mol. The highest BCUT2D eigenvalue weighted by Gasteiger charge is 2.06. The molecule has 0 aliphatic rings. The molecule has 3 N–H and O–H groups in total. The van der Waals surface area contributed by atoms with Crippen LogP contribution in [0.2, 0.25) is 0 Å². The van der Waals surface area contributed by atoms with Gasteiger partial charge in [-0.1, -0.05) is 0 Å². The molecule has 3 heteroatoms. The fourth-order valence-electron chi connectivity index (χ4n) is 1.19. The third kappa shape index (κ3) is 2.03. The fourth-order valence-corrected chi connectivity index (χ4v) is 1.19. The van der Waals surface area contributed by atoms with E-state index in [9.17, 15) is 0 Å². The van der Waals surface area contributed by atoms with Crippen molar-refractivity contribution in [1.82, 2.24) is 4.98 Å². The number of hydrogen-bond donors (Lipinski definition) is 2. The molecule has 3 nitrogen and oxygen atoms in total. The second kappa shape index (κ2) is 4.18. The molecular weight excluding hydrogens is 152 g/mol. The number of aromatic nitrogens is 1. The minimum atomic E-state index is -0.0713. The molecule has 1 aromatic heterocycles. The lowest BCUT2D eigenvalue weighted by Crippen LogP contribution is -2.13. The maximum Gasteiger partial charge on any atom is 0.0449 e. The van der Waals surface area contributed by atoms with Crippen LogP contribution in [0.5, 0.6) is 0 Å². The van der Waals surface area contributed by atoms with Gasteiger partial charge in [-0.15, -0.1) is 0 Å². The standard InChI is InChI=1S/C9H14N2O/c1-7-6-11-4-2-8(7)9(10)3-5-12/h2,4,6,9,12H,3,5,10H2,1H3. The van der Waals surface area contributed by atoms with E-state index in [4.69, 9.17) is 10.8 Å². The van der Waals surface area contributed by atoms with Crippen LogP contribution in [0, 0.1) is 6.92 Å². The Morgan fingerprint density at radius 1 is 1.67 bits per heavy atom. The van der Waals surface area contributed by atoms with Gasteiger partial charge in [0.2, 0.25) is 0 Å². The quantitative estimate of drug-likeness (QED) is 0.697. The van der Waals surface area contributed by atoms with Crippen molar-refractivity contribution in [2.75, 3.05) is 6.61 Å². The fraction of sp³-hybridized carbons (Fsp3) is 0.444. The highest BCUT2D eigenvalue weighted by Crippen LogP contribution is 2.16. The van der Waals surface area contributed by atoms with Crippen molar-refractivity contribution in [3.05, 3.63) is 29.6 Å². The summed E-state index contributed by atoms with van der Waals surface area (Å²) in [6.07, 6.45) is 4.11. The molecule has 0 spiro atoms. The van der Waals surface area contributed by atoms with E-state index >= 15 is 0 Å². The van der Waals surface area contributed by atoms with E-state index < -0.39 is 0 Å². The van der Waals surface area contributed by atoms with Gasteiger partial charge in [0.25, 0.3) is 0 Å². The van der Waals surface area contributed by atoms with Crippen LogP contribution in [0.1, 0.15) is 23.6 Å². The third-order valence-corrected chi connectivity index (χ3v) is 1.90. The zero-order valence-electron chi connectivity index (χ0n) is 7.20. The number of nitrogens with zero attached hydrogens (tertiary/aromatic N) is 1. The summed E-state index contributed by atoms with van der Waals surface area (Å²) < 4.78 is 0. The Morgan fingerprint density at radius 2 is 2.42 bits per heavy atom. The van der Waals surface area contributed by atoms with Crippen LogP contribution in [-0.2, 0) is 0 Å². The summed E-state index contributed by atoms with van der Waals surface area (Å²) in [5, 5.41) is 8.69. The van der Waals surface area contributed by atoms with Crippen LogP contribution < -0.4 is 5.73 Å². The first-order valence-electron chi connectivity index (χ1n) is 4.02. The maximum absolute atomic E-state index is 8.69. The molecule has 1 aromatic rings. The molecule has 0 aromatic carbocycles. The molecule has 0 amide bonds. The van der Waals surface area contributed by atoms with Gasteiger partial charge in [0, 0.05) is 25.0 Å². The summed E-state index contributed by atoms with van der Waals surface area (Å²) >= 11 is 0. The van der Waals surface area contributed by atoms with Gasteiger partial charge in [-0.2, -0.15) is 0 Å². The first-order chi connectivity index (χ1) is 5.75. The molecule has 0 saturated heterocycles. The van der Waals surface area contributed by atoms with Crippen LogP contribution in [0.25, 0.3) is 0 Å². The van der Waals surface area contributed by atoms with Gasteiger partial charge >= 0.3 is 0 Å². The van der Waals surface area contributed by atoms with Gasteiger partial charge in [0.15, 0.2) is 0 Å². The zero-order valence-corrected chi connectivity index (χ0v) is 7.20. The van der Waals surface area contributed by atoms with Gasteiger partial charge in [-0.3, -0.25) is 4.98 Å². The number of aryl methyl sites for hydroxylation is 1. The second-order valence-corrected chi connectivity index (χ2v) is 2.85. The van der Waals surface area contributed by atoms with Crippen LogP contribution in [0.3, 0.4) is 0 Å². The summed E-state index contributed by atoms with van der Waals surface area (Å²) in [5.74, 6) is 0. The second-order valence-electron chi connectivity index (χ2n) is 2.85. The molecule has 0 radical (unpaired) electrons. The molecule has 0 fully saturated rings. The van der Waals surface area contributed by atoms with E-state index in [1.807, 2.05) is 13.0 Å². The van der Waals surface area contributed by atoms with Crippen LogP contribution in [0.15, 0.2) is 18.5 Å². The Bertz CT molecular complexity index is 250. The largest absolute Gasteiger partial charge is 0.396 e. The first kappa shape index (κ1) is 9.16. The van der Waals surface area contributed by atoms with Crippen LogP contribution in [0.4, 0.5) is 0 Å². The Hall–Kier alpha value is -0.930.